The van der Waals surface area contributed by atoms with Gasteiger partial charge >= 0.3 is 0 Å². The second-order valence-electron chi connectivity index (χ2n) is 13.9. The number of aliphatic hydroxyl groups excluding tert-OH is 2. The molecule has 0 bridgehead atoms. The molecule has 332 valence electrons. The van der Waals surface area contributed by atoms with E-state index < -0.39 is 0 Å². The van der Waals surface area contributed by atoms with E-state index in [1.165, 1.54) is 36.0 Å². The van der Waals surface area contributed by atoms with Gasteiger partial charge in [-0.15, -0.1) is 0 Å². The van der Waals surface area contributed by atoms with E-state index >= 15 is 0 Å². The number of benzene rings is 1. The van der Waals surface area contributed by atoms with E-state index in [-0.39, 0.29) is 119 Å². The van der Waals surface area contributed by atoms with Gasteiger partial charge in [-0.05, 0) is 72.3 Å². The minimum absolute atomic E-state index is 0. The molecule has 3 aromatic heterocycles. The lowest BCUT2D eigenvalue weighted by molar-refractivity contribution is -0.707. The zero-order chi connectivity index (χ0) is 33.8. The Bertz CT molecular complexity index is 1480. The predicted octanol–water partition coefficient (Wildman–Crippen LogP) is -2.04. The highest BCUT2D eigenvalue weighted by Gasteiger charge is 2.45. The predicted molar refractivity (Wildman–Crippen MR) is 231 cm³/mol. The fourth-order valence-electron chi connectivity index (χ4n) is 7.05. The number of hydrogen-bond donors (Lipinski definition) is 2. The molecule has 10 heteroatoms. The molecular formula is C47H84Cl4N4O2. The van der Waals surface area contributed by atoms with Gasteiger partial charge in [0, 0.05) is 36.4 Å². The number of likely N-dealkylation sites (N-methyl/N-ethyl adjacent to an activating group) is 1. The number of hydrogen-bond acceptors (Lipinski definition) is 2. The minimum atomic E-state index is -0.158. The Labute approximate surface area is 377 Å². The van der Waals surface area contributed by atoms with Crippen LogP contribution in [0.25, 0.3) is 0 Å². The van der Waals surface area contributed by atoms with E-state index in [9.17, 15) is 10.2 Å². The highest BCUT2D eigenvalue weighted by atomic mass is 35.5. The van der Waals surface area contributed by atoms with Gasteiger partial charge in [-0.2, -0.15) is 9.13 Å². The number of aryl methyl sites for hydroxylation is 1. The van der Waals surface area contributed by atoms with Gasteiger partial charge in [-0.1, -0.05) is 96.9 Å². The molecule has 0 saturated carbocycles. The molecule has 0 aliphatic rings. The van der Waals surface area contributed by atoms with Crippen molar-refractivity contribution in [3.8, 4) is 0 Å². The molecule has 0 fully saturated rings. The Hall–Kier alpha value is -2.29. The molecule has 4 rings (SSSR count). The third-order valence-corrected chi connectivity index (χ3v) is 10.8. The summed E-state index contributed by atoms with van der Waals surface area (Å²) in [6, 6.07) is 23.5. The number of pyridine rings is 3. The van der Waals surface area contributed by atoms with Gasteiger partial charge in [-0.25, -0.2) is 4.57 Å². The summed E-state index contributed by atoms with van der Waals surface area (Å²) in [5.41, 5.74) is 5.22. The van der Waals surface area contributed by atoms with Gasteiger partial charge in [0.15, 0.2) is 49.3 Å². The molecule has 6 nitrogen and oxygen atoms in total. The molecule has 0 spiro atoms. The van der Waals surface area contributed by atoms with Crippen molar-refractivity contribution in [3.63, 3.8) is 0 Å². The molecule has 0 aliphatic carbocycles. The fourth-order valence-corrected chi connectivity index (χ4v) is 7.05. The Morgan fingerprint density at radius 3 is 1.33 bits per heavy atom. The maximum absolute atomic E-state index is 10.9. The number of aromatic nitrogens is 3. The van der Waals surface area contributed by atoms with Crippen LogP contribution >= 0.6 is 0 Å². The van der Waals surface area contributed by atoms with Crippen LogP contribution in [0.1, 0.15) is 139 Å². The molecule has 0 amide bonds. The average molecular weight is 879 g/mol. The molecule has 6 atom stereocenters. The van der Waals surface area contributed by atoms with Gasteiger partial charge in [0.2, 0.25) is 13.1 Å². The average Bonchev–Trinajstić information content (AvgIpc) is 3.12. The van der Waals surface area contributed by atoms with Crippen LogP contribution in [-0.4, -0.2) is 42.6 Å². The van der Waals surface area contributed by atoms with Crippen LogP contribution in [0.3, 0.4) is 0 Å². The van der Waals surface area contributed by atoms with Crippen molar-refractivity contribution in [1.82, 2.24) is 4.48 Å². The van der Waals surface area contributed by atoms with Crippen LogP contribution in [0.15, 0.2) is 104 Å². The minimum Gasteiger partial charge on any atom is -1.00 e. The first kappa shape index (κ1) is 69.3. The van der Waals surface area contributed by atoms with Gasteiger partial charge in [0.1, 0.15) is 25.9 Å². The summed E-state index contributed by atoms with van der Waals surface area (Å²) in [7, 11) is 4.24. The molecule has 3 heterocycles. The fraction of sp³-hybridized carbons (Fsp3) is 0.553. The number of halogens is 4. The van der Waals surface area contributed by atoms with Gasteiger partial charge < -0.3 is 59.8 Å². The first-order valence-corrected chi connectivity index (χ1v) is 17.8. The number of nitrogens with zero attached hydrogens (tertiary/aromatic N) is 4. The van der Waals surface area contributed by atoms with Gasteiger partial charge in [0.05, 0.1) is 7.05 Å². The topological polar surface area (TPSA) is 52.1 Å². The smallest absolute Gasteiger partial charge is 0.202 e. The number of para-hydroxylation sites is 1. The van der Waals surface area contributed by atoms with Crippen LogP contribution in [-0.2, 0) is 20.1 Å². The summed E-state index contributed by atoms with van der Waals surface area (Å²) in [6.07, 6.45) is 18.7. The zero-order valence-electron chi connectivity index (χ0n) is 31.3. The number of quaternary nitrogens is 1. The van der Waals surface area contributed by atoms with Crippen LogP contribution < -0.4 is 67.8 Å². The Morgan fingerprint density at radius 2 is 0.947 bits per heavy atom. The number of aliphatic hydroxyl groups is 2. The SMILES string of the molecule is C.C.C.C.C.C.CCC(C)c1cc[n+](CC(CO)[N+](C)(c2ccccc2)C(CO)C[n+]2ccc(C(C)CCCC(CC)c3cc[n+](C)cc3)cc2)cc1.[Cl-].[Cl-].[Cl-].[Cl-]. The van der Waals surface area contributed by atoms with Crippen molar-refractivity contribution in [2.75, 3.05) is 20.3 Å². The van der Waals surface area contributed by atoms with Crippen molar-refractivity contribution in [3.05, 3.63) is 121 Å². The van der Waals surface area contributed by atoms with Crippen LogP contribution in [0.4, 0.5) is 5.69 Å². The standard InChI is InChI=1S/C41H60N4O2.6CH4.4ClH/c1-7-33(3)36-19-25-43(26-20-36)29-40(31-46)45(6,39-15-10-9-11-16-39)41(32-47)30-44-27-21-37(22-28-44)34(4)13-12-14-35(8-2)38-17-23-42(5)24-18-38;;;;;;;;;;/h9-11,15-28,33-35,40-41,46-47H,7-8,12-14,29-32H2,1-6H3;6*1H4;4*1H/q+4;;;;;;;;;;/p-4. The van der Waals surface area contributed by atoms with Crippen molar-refractivity contribution >= 4 is 5.69 Å². The van der Waals surface area contributed by atoms with Gasteiger partial charge in [0.25, 0.3) is 0 Å². The van der Waals surface area contributed by atoms with Crippen molar-refractivity contribution in [2.24, 2.45) is 7.05 Å². The molecule has 0 aliphatic heterocycles. The molecular weight excluding hydrogens is 794 g/mol. The second-order valence-corrected chi connectivity index (χ2v) is 13.9. The molecule has 1 aromatic carbocycles. The Kier molecular flexibility index (Phi) is 42.0. The maximum atomic E-state index is 10.9. The van der Waals surface area contributed by atoms with Crippen LogP contribution in [0, 0.1) is 0 Å². The van der Waals surface area contributed by atoms with Gasteiger partial charge in [-0.3, -0.25) is 4.48 Å². The van der Waals surface area contributed by atoms with Crippen LogP contribution in [0.2, 0.25) is 0 Å². The van der Waals surface area contributed by atoms with Crippen LogP contribution in [0.5, 0.6) is 0 Å². The number of rotatable bonds is 18. The van der Waals surface area contributed by atoms with E-state index in [1.54, 1.807) is 0 Å². The first-order valence-electron chi connectivity index (χ1n) is 17.8. The Morgan fingerprint density at radius 1 is 0.544 bits per heavy atom. The monoisotopic (exact) mass is 877 g/mol. The summed E-state index contributed by atoms with van der Waals surface area (Å²) in [6.45, 7) is 10.4. The molecule has 6 unspecified atom stereocenters. The quantitative estimate of drug-likeness (QED) is 0.0896. The highest BCUT2D eigenvalue weighted by Crippen LogP contribution is 2.30. The van der Waals surface area contributed by atoms with Crippen molar-refractivity contribution in [1.29, 1.82) is 0 Å². The van der Waals surface area contributed by atoms with Crippen molar-refractivity contribution < 1.29 is 73.5 Å². The molecule has 2 N–H and O–H groups in total. The summed E-state index contributed by atoms with van der Waals surface area (Å²) in [5, 5.41) is 21.8. The van der Waals surface area contributed by atoms with E-state index in [0.29, 0.717) is 35.3 Å². The largest absolute Gasteiger partial charge is 1.00 e. The summed E-state index contributed by atoms with van der Waals surface area (Å²) in [4.78, 5) is 0. The lowest BCUT2D eigenvalue weighted by Gasteiger charge is -2.43. The third-order valence-electron chi connectivity index (χ3n) is 10.8. The highest BCUT2D eigenvalue weighted by molar-refractivity contribution is 5.43. The van der Waals surface area contributed by atoms with Crippen molar-refractivity contribution in [2.45, 2.75) is 147 Å². The van der Waals surface area contributed by atoms with E-state index in [4.69, 9.17) is 0 Å². The zero-order valence-corrected chi connectivity index (χ0v) is 34.3. The lowest BCUT2D eigenvalue weighted by Crippen LogP contribution is -3.00. The second kappa shape index (κ2) is 34.6. The summed E-state index contributed by atoms with van der Waals surface area (Å²) < 4.78 is 6.90. The van der Waals surface area contributed by atoms with E-state index in [0.717, 1.165) is 18.5 Å². The molecule has 0 saturated heterocycles. The molecule has 4 aromatic rings. The third kappa shape index (κ3) is 18.7. The normalized spacial score (nSPS) is 13.3. The summed E-state index contributed by atoms with van der Waals surface area (Å²) in [5.74, 6) is 1.61. The first-order chi connectivity index (χ1) is 22.7. The molecule has 0 radical (unpaired) electrons. The van der Waals surface area contributed by atoms with E-state index in [2.05, 4.69) is 153 Å². The molecule has 57 heavy (non-hydrogen) atoms. The lowest BCUT2D eigenvalue weighted by atomic mass is 9.89. The maximum Gasteiger partial charge on any atom is 0.202 e. The van der Waals surface area contributed by atoms with E-state index in [1.807, 2.05) is 6.07 Å². The Balaban J connectivity index is -0.000000500. The summed E-state index contributed by atoms with van der Waals surface area (Å²) >= 11 is 0.